The Hall–Kier alpha value is -3.81. The highest BCUT2D eigenvalue weighted by Gasteiger charge is 2.27. The molecule has 0 spiro atoms. The van der Waals surface area contributed by atoms with E-state index in [0.29, 0.717) is 24.1 Å². The molecule has 2 aromatic carbocycles. The summed E-state index contributed by atoms with van der Waals surface area (Å²) >= 11 is 0. The zero-order valence-corrected chi connectivity index (χ0v) is 20.1. The van der Waals surface area contributed by atoms with Crippen molar-refractivity contribution in [3.63, 3.8) is 0 Å². The molecule has 0 fully saturated rings. The lowest BCUT2D eigenvalue weighted by Crippen LogP contribution is -2.52. The van der Waals surface area contributed by atoms with E-state index in [4.69, 9.17) is 16.0 Å². The number of nitrogens with two attached hydrogens (primary N) is 1. The third-order valence-electron chi connectivity index (χ3n) is 5.32. The highest BCUT2D eigenvalue weighted by atomic mass is 32.2. The second kappa shape index (κ2) is 12.2. The first-order chi connectivity index (χ1) is 17.1. The Bertz CT molecular complexity index is 1220. The van der Waals surface area contributed by atoms with Crippen LogP contribution in [-0.4, -0.2) is 62.2 Å². The quantitative estimate of drug-likeness (QED) is 0.160. The Morgan fingerprint density at radius 2 is 1.86 bits per heavy atom. The van der Waals surface area contributed by atoms with Crippen LogP contribution in [0.4, 0.5) is 0 Å². The number of rotatable bonds is 13. The predicted molar refractivity (Wildman–Crippen MR) is 133 cm³/mol. The van der Waals surface area contributed by atoms with Gasteiger partial charge in [-0.1, -0.05) is 59.8 Å². The molecular weight excluding hydrogens is 488 g/mol. The van der Waals surface area contributed by atoms with E-state index in [9.17, 15) is 23.1 Å². The third kappa shape index (κ3) is 8.15. The van der Waals surface area contributed by atoms with Gasteiger partial charge >= 0.3 is 5.97 Å². The summed E-state index contributed by atoms with van der Waals surface area (Å²) in [5.41, 5.74) is 8.34. The van der Waals surface area contributed by atoms with Crippen LogP contribution < -0.4 is 20.5 Å². The highest BCUT2D eigenvalue weighted by molar-refractivity contribution is 7.87. The fourth-order valence-electron chi connectivity index (χ4n) is 3.43. The van der Waals surface area contributed by atoms with Gasteiger partial charge in [0, 0.05) is 25.1 Å². The smallest absolute Gasteiger partial charge is 0.323 e. The Morgan fingerprint density at radius 3 is 2.50 bits per heavy atom. The number of hydrogen-bond acceptors (Lipinski definition) is 7. The summed E-state index contributed by atoms with van der Waals surface area (Å²) in [5, 5.41) is 23.2. The van der Waals surface area contributed by atoms with E-state index in [1.165, 1.54) is 0 Å². The van der Waals surface area contributed by atoms with Crippen LogP contribution in [0, 0.1) is 5.41 Å². The lowest BCUT2D eigenvalue weighted by molar-refractivity contribution is -0.139. The first kappa shape index (κ1) is 26.8. The number of carbonyl (C=O) groups excluding carboxylic acids is 1. The van der Waals surface area contributed by atoms with Crippen molar-refractivity contribution in [3.05, 3.63) is 71.3 Å². The van der Waals surface area contributed by atoms with E-state index in [1.807, 2.05) is 35.1 Å². The van der Waals surface area contributed by atoms with E-state index >= 15 is 0 Å². The van der Waals surface area contributed by atoms with Gasteiger partial charge < -0.3 is 21.0 Å². The van der Waals surface area contributed by atoms with Crippen LogP contribution in [0.15, 0.2) is 59.8 Å². The number of oxime groups is 1. The van der Waals surface area contributed by atoms with Crippen molar-refractivity contribution >= 4 is 33.6 Å². The fourth-order valence-corrected chi connectivity index (χ4v) is 4.44. The molecule has 0 bridgehead atoms. The minimum absolute atomic E-state index is 0.0503. The summed E-state index contributed by atoms with van der Waals surface area (Å²) in [4.78, 5) is 29.1. The number of nitrogen functional groups attached to an aromatic ring is 1. The predicted octanol–water partition coefficient (Wildman–Crippen LogP) is 0.0899. The molecule has 0 aliphatic carbocycles. The van der Waals surface area contributed by atoms with Crippen molar-refractivity contribution in [2.24, 2.45) is 10.9 Å². The highest BCUT2D eigenvalue weighted by Crippen LogP contribution is 2.19. The van der Waals surface area contributed by atoms with Crippen LogP contribution in [0.5, 0.6) is 0 Å². The summed E-state index contributed by atoms with van der Waals surface area (Å²) in [6, 6.07) is 14.5. The molecule has 0 saturated carbocycles. The van der Waals surface area contributed by atoms with Crippen molar-refractivity contribution in [2.45, 2.75) is 31.4 Å². The van der Waals surface area contributed by atoms with E-state index in [-0.39, 0.29) is 18.8 Å². The van der Waals surface area contributed by atoms with Crippen molar-refractivity contribution in [1.29, 1.82) is 5.41 Å². The monoisotopic (exact) mass is 516 g/mol. The van der Waals surface area contributed by atoms with Crippen LogP contribution in [0.3, 0.4) is 0 Å². The molecule has 0 saturated heterocycles. The number of amidine groups is 1. The van der Waals surface area contributed by atoms with Gasteiger partial charge in [-0.2, -0.15) is 13.1 Å². The molecule has 36 heavy (non-hydrogen) atoms. The maximum absolute atomic E-state index is 12.3. The zero-order chi connectivity index (χ0) is 26.1. The SMILES string of the molecule is N=C(N)c1ccc(C2=NOC(CC(=O)NC[C@H](NS(=O)(=O)NCCc3ccccc3)C(=O)O)C2)cc1. The van der Waals surface area contributed by atoms with Crippen molar-refractivity contribution in [2.75, 3.05) is 13.1 Å². The summed E-state index contributed by atoms with van der Waals surface area (Å²) in [5.74, 6) is -1.99. The topological polar surface area (TPSA) is 196 Å². The first-order valence-electron chi connectivity index (χ1n) is 11.1. The van der Waals surface area contributed by atoms with Crippen LogP contribution in [0.1, 0.15) is 29.5 Å². The summed E-state index contributed by atoms with van der Waals surface area (Å²) in [7, 11) is -4.11. The van der Waals surface area contributed by atoms with Gasteiger partial charge in [-0.3, -0.25) is 15.0 Å². The molecule has 0 radical (unpaired) electrons. The van der Waals surface area contributed by atoms with Crippen LogP contribution in [-0.2, 0) is 31.1 Å². The second-order valence-corrected chi connectivity index (χ2v) is 9.64. The van der Waals surface area contributed by atoms with Crippen molar-refractivity contribution in [3.8, 4) is 0 Å². The van der Waals surface area contributed by atoms with Gasteiger partial charge in [0.2, 0.25) is 5.91 Å². The van der Waals surface area contributed by atoms with Gasteiger partial charge in [0.25, 0.3) is 10.2 Å². The Balaban J connectivity index is 1.43. The minimum Gasteiger partial charge on any atom is -0.480 e. The molecule has 1 amide bonds. The average molecular weight is 517 g/mol. The summed E-state index contributed by atoms with van der Waals surface area (Å²) in [6.45, 7) is -0.364. The standard InChI is InChI=1S/C23H28N6O6S/c24-22(25)17-8-6-16(7-9-17)19-12-18(35-28-19)13-21(30)26-14-20(23(31)32)29-36(33,34)27-11-10-15-4-2-1-3-5-15/h1-9,18,20,27,29H,10-14H2,(H3,24,25)(H,26,30)(H,31,32)/t18?,20-/m0/s1. The maximum Gasteiger partial charge on any atom is 0.323 e. The normalized spacial score (nSPS) is 16.0. The fraction of sp³-hybridized carbons (Fsp3) is 0.304. The Morgan fingerprint density at radius 1 is 1.17 bits per heavy atom. The molecule has 12 nitrogen and oxygen atoms in total. The molecule has 2 aromatic rings. The summed E-state index contributed by atoms with van der Waals surface area (Å²) in [6.07, 6.45) is 0.148. The average Bonchev–Trinajstić information content (AvgIpc) is 3.30. The van der Waals surface area contributed by atoms with Gasteiger partial charge in [-0.15, -0.1) is 0 Å². The van der Waals surface area contributed by atoms with Gasteiger partial charge in [-0.05, 0) is 17.5 Å². The maximum atomic E-state index is 12.3. The van der Waals surface area contributed by atoms with E-state index in [1.54, 1.807) is 24.3 Å². The number of benzene rings is 2. The van der Waals surface area contributed by atoms with E-state index in [2.05, 4.69) is 15.2 Å². The number of carboxylic acids is 1. The number of nitrogens with one attached hydrogen (secondary N) is 4. The third-order valence-corrected chi connectivity index (χ3v) is 6.50. The molecular formula is C23H28N6O6S. The number of carboxylic acid groups (broad SMARTS) is 1. The molecule has 1 aliphatic heterocycles. The van der Waals surface area contributed by atoms with Crippen LogP contribution in [0.2, 0.25) is 0 Å². The molecule has 1 unspecified atom stereocenters. The van der Waals surface area contributed by atoms with E-state index in [0.717, 1.165) is 11.1 Å². The zero-order valence-electron chi connectivity index (χ0n) is 19.3. The Labute approximate surface area is 208 Å². The number of hydrogen-bond donors (Lipinski definition) is 6. The summed E-state index contributed by atoms with van der Waals surface area (Å²) < 4.78 is 28.8. The molecule has 1 heterocycles. The van der Waals surface area contributed by atoms with Crippen LogP contribution in [0.25, 0.3) is 0 Å². The number of carbonyl (C=O) groups is 2. The second-order valence-electron chi connectivity index (χ2n) is 8.11. The molecule has 1 aliphatic rings. The molecule has 13 heteroatoms. The van der Waals surface area contributed by atoms with Crippen molar-refractivity contribution in [1.82, 2.24) is 14.8 Å². The van der Waals surface area contributed by atoms with Crippen molar-refractivity contribution < 1.29 is 28.0 Å². The van der Waals surface area contributed by atoms with Gasteiger partial charge in [0.15, 0.2) is 0 Å². The van der Waals surface area contributed by atoms with Gasteiger partial charge in [-0.25, -0.2) is 4.72 Å². The molecule has 0 aromatic heterocycles. The lowest BCUT2D eigenvalue weighted by Gasteiger charge is -2.16. The van der Waals surface area contributed by atoms with Crippen LogP contribution >= 0.6 is 0 Å². The largest absolute Gasteiger partial charge is 0.480 e. The van der Waals surface area contributed by atoms with Gasteiger partial charge in [0.05, 0.1) is 12.1 Å². The molecule has 2 atom stereocenters. The molecule has 192 valence electrons. The number of amides is 1. The lowest BCUT2D eigenvalue weighted by atomic mass is 10.0. The minimum atomic E-state index is -4.11. The first-order valence-corrected chi connectivity index (χ1v) is 12.6. The Kier molecular flexibility index (Phi) is 9.11. The molecule has 3 rings (SSSR count). The van der Waals surface area contributed by atoms with Gasteiger partial charge in [0.1, 0.15) is 18.0 Å². The number of nitrogens with zero attached hydrogens (tertiary/aromatic N) is 1. The molecule has 7 N–H and O–H groups in total. The number of aliphatic carboxylic acids is 1. The van der Waals surface area contributed by atoms with E-state index < -0.39 is 40.8 Å².